The van der Waals surface area contributed by atoms with Crippen molar-refractivity contribution < 1.29 is 9.59 Å². The van der Waals surface area contributed by atoms with Gasteiger partial charge in [-0.3, -0.25) is 9.69 Å². The van der Waals surface area contributed by atoms with Gasteiger partial charge in [-0.05, 0) is 27.7 Å². The Kier molecular flexibility index (Phi) is 4.56. The fourth-order valence-corrected chi connectivity index (χ4v) is 1.89. The molecule has 18 heavy (non-hydrogen) atoms. The van der Waals surface area contributed by atoms with Gasteiger partial charge in [0.25, 0.3) is 0 Å². The lowest BCUT2D eigenvalue weighted by atomic mass is 10.1. The highest BCUT2D eigenvalue weighted by Gasteiger charge is 2.27. The Hall–Kier alpha value is -1.30. The number of hydrogen-bond donors (Lipinski definition) is 2. The van der Waals surface area contributed by atoms with Crippen LogP contribution >= 0.6 is 0 Å². The summed E-state index contributed by atoms with van der Waals surface area (Å²) in [5.74, 6) is -0.317. The van der Waals surface area contributed by atoms with Gasteiger partial charge in [-0.1, -0.05) is 0 Å². The zero-order valence-electron chi connectivity index (χ0n) is 11.7. The number of nitrogens with zero attached hydrogens (tertiary/aromatic N) is 2. The first-order valence-electron chi connectivity index (χ1n) is 6.31. The molecule has 1 atom stereocenters. The molecule has 104 valence electrons. The molecule has 0 aromatic carbocycles. The van der Waals surface area contributed by atoms with Crippen LogP contribution < -0.4 is 11.1 Å². The molecule has 0 spiro atoms. The number of carbonyl (C=O) groups is 2. The van der Waals surface area contributed by atoms with E-state index in [-0.39, 0.29) is 23.5 Å². The summed E-state index contributed by atoms with van der Waals surface area (Å²) in [6.45, 7) is 10.3. The van der Waals surface area contributed by atoms with Gasteiger partial charge < -0.3 is 16.0 Å². The summed E-state index contributed by atoms with van der Waals surface area (Å²) in [5.41, 5.74) is 5.04. The van der Waals surface area contributed by atoms with Gasteiger partial charge in [0.05, 0.1) is 6.04 Å². The van der Waals surface area contributed by atoms with E-state index in [1.165, 1.54) is 0 Å². The second-order valence-corrected chi connectivity index (χ2v) is 5.78. The van der Waals surface area contributed by atoms with Crippen LogP contribution in [0.25, 0.3) is 0 Å². The average molecular weight is 256 g/mol. The van der Waals surface area contributed by atoms with Crippen LogP contribution in [0.1, 0.15) is 27.7 Å². The normalized spacial score (nSPS) is 19.4. The smallest absolute Gasteiger partial charge is 0.317 e. The second-order valence-electron chi connectivity index (χ2n) is 5.78. The molecule has 1 rings (SSSR count). The topological polar surface area (TPSA) is 78.7 Å². The maximum atomic E-state index is 11.9. The summed E-state index contributed by atoms with van der Waals surface area (Å²) in [5, 5.41) is 2.93. The lowest BCUT2D eigenvalue weighted by Gasteiger charge is -2.38. The maximum Gasteiger partial charge on any atom is 0.317 e. The van der Waals surface area contributed by atoms with Crippen LogP contribution in [0.15, 0.2) is 0 Å². The summed E-state index contributed by atoms with van der Waals surface area (Å²) < 4.78 is 0. The zero-order valence-corrected chi connectivity index (χ0v) is 11.7. The molecule has 6 heteroatoms. The number of nitrogens with one attached hydrogen (secondary N) is 1. The van der Waals surface area contributed by atoms with E-state index in [4.69, 9.17) is 5.73 Å². The lowest BCUT2D eigenvalue weighted by molar-refractivity contribution is -0.123. The fraction of sp³-hybridized carbons (Fsp3) is 0.833. The number of amides is 3. The molecular formula is C12H24N4O2. The largest absolute Gasteiger partial charge is 0.368 e. The first-order valence-corrected chi connectivity index (χ1v) is 6.31. The lowest BCUT2D eigenvalue weighted by Crippen LogP contribution is -2.57. The van der Waals surface area contributed by atoms with Gasteiger partial charge in [-0.15, -0.1) is 0 Å². The summed E-state index contributed by atoms with van der Waals surface area (Å²) in [6.07, 6.45) is 0. The Balaban J connectivity index is 2.44. The van der Waals surface area contributed by atoms with E-state index >= 15 is 0 Å². The highest BCUT2D eigenvalue weighted by atomic mass is 16.2. The van der Waals surface area contributed by atoms with Crippen molar-refractivity contribution >= 4 is 11.9 Å². The van der Waals surface area contributed by atoms with Gasteiger partial charge in [0.1, 0.15) is 0 Å². The predicted octanol–water partition coefficient (Wildman–Crippen LogP) is -0.0141. The highest BCUT2D eigenvalue weighted by Crippen LogP contribution is 2.08. The highest BCUT2D eigenvalue weighted by molar-refractivity contribution is 5.79. The molecular weight excluding hydrogens is 232 g/mol. The van der Waals surface area contributed by atoms with Crippen molar-refractivity contribution in [2.24, 2.45) is 5.73 Å². The maximum absolute atomic E-state index is 11.9. The molecule has 3 amide bonds. The number of primary amides is 1. The molecule has 0 saturated carbocycles. The summed E-state index contributed by atoms with van der Waals surface area (Å²) in [7, 11) is 0. The van der Waals surface area contributed by atoms with E-state index in [0.29, 0.717) is 26.2 Å². The Labute approximate surface area is 108 Å². The molecule has 0 aromatic rings. The first-order chi connectivity index (χ1) is 8.20. The SMILES string of the molecule is CC(C(N)=O)N1CCN(C(=O)NC(C)(C)C)CC1. The van der Waals surface area contributed by atoms with E-state index in [9.17, 15) is 9.59 Å². The van der Waals surface area contributed by atoms with E-state index < -0.39 is 0 Å². The number of piperazine rings is 1. The molecule has 0 aliphatic carbocycles. The number of urea groups is 1. The zero-order chi connectivity index (χ0) is 13.9. The molecule has 1 fully saturated rings. The van der Waals surface area contributed by atoms with Crippen molar-refractivity contribution in [3.63, 3.8) is 0 Å². The Morgan fingerprint density at radius 3 is 2.06 bits per heavy atom. The molecule has 0 aromatic heterocycles. The third-order valence-corrected chi connectivity index (χ3v) is 3.04. The quantitative estimate of drug-likeness (QED) is 0.729. The van der Waals surface area contributed by atoms with E-state index in [2.05, 4.69) is 5.32 Å². The van der Waals surface area contributed by atoms with E-state index in [1.54, 1.807) is 11.8 Å². The Morgan fingerprint density at radius 2 is 1.67 bits per heavy atom. The molecule has 3 N–H and O–H groups in total. The third-order valence-electron chi connectivity index (χ3n) is 3.04. The van der Waals surface area contributed by atoms with Gasteiger partial charge in [0, 0.05) is 31.7 Å². The van der Waals surface area contributed by atoms with Gasteiger partial charge in [-0.25, -0.2) is 4.79 Å². The van der Waals surface area contributed by atoms with Crippen LogP contribution in [0.4, 0.5) is 4.79 Å². The predicted molar refractivity (Wildman–Crippen MR) is 70.1 cm³/mol. The molecule has 1 aliphatic heterocycles. The number of carbonyl (C=O) groups excluding carboxylic acids is 2. The van der Waals surface area contributed by atoms with Crippen molar-refractivity contribution in [2.45, 2.75) is 39.3 Å². The average Bonchev–Trinajstić information content (AvgIpc) is 2.26. The molecule has 6 nitrogen and oxygen atoms in total. The number of nitrogens with two attached hydrogens (primary N) is 1. The van der Waals surface area contributed by atoms with Crippen LogP contribution in [0.2, 0.25) is 0 Å². The monoisotopic (exact) mass is 256 g/mol. The second kappa shape index (κ2) is 5.56. The van der Waals surface area contributed by atoms with Crippen LogP contribution in [0, 0.1) is 0 Å². The summed E-state index contributed by atoms with van der Waals surface area (Å²) in [6, 6.07) is -0.313. The van der Waals surface area contributed by atoms with Gasteiger partial charge in [0.15, 0.2) is 0 Å². The van der Waals surface area contributed by atoms with Crippen molar-refractivity contribution in [1.82, 2.24) is 15.1 Å². The van der Waals surface area contributed by atoms with E-state index in [0.717, 1.165) is 0 Å². The van der Waals surface area contributed by atoms with Gasteiger partial charge >= 0.3 is 6.03 Å². The van der Waals surface area contributed by atoms with Crippen molar-refractivity contribution in [3.05, 3.63) is 0 Å². The van der Waals surface area contributed by atoms with Crippen LogP contribution in [-0.2, 0) is 4.79 Å². The molecule has 1 unspecified atom stereocenters. The summed E-state index contributed by atoms with van der Waals surface area (Å²) in [4.78, 5) is 26.8. The van der Waals surface area contributed by atoms with Gasteiger partial charge in [0.2, 0.25) is 5.91 Å². The van der Waals surface area contributed by atoms with Crippen molar-refractivity contribution in [1.29, 1.82) is 0 Å². The molecule has 0 bridgehead atoms. The fourth-order valence-electron chi connectivity index (χ4n) is 1.89. The first kappa shape index (κ1) is 14.8. The Bertz CT molecular complexity index is 317. The van der Waals surface area contributed by atoms with Crippen molar-refractivity contribution in [2.75, 3.05) is 26.2 Å². The molecule has 1 saturated heterocycles. The van der Waals surface area contributed by atoms with E-state index in [1.807, 2.05) is 25.7 Å². The van der Waals surface area contributed by atoms with Crippen LogP contribution in [-0.4, -0.2) is 59.5 Å². The molecule has 0 radical (unpaired) electrons. The molecule has 1 aliphatic rings. The minimum atomic E-state index is -0.317. The Morgan fingerprint density at radius 1 is 1.17 bits per heavy atom. The third kappa shape index (κ3) is 4.18. The summed E-state index contributed by atoms with van der Waals surface area (Å²) >= 11 is 0. The van der Waals surface area contributed by atoms with Gasteiger partial charge in [-0.2, -0.15) is 0 Å². The minimum absolute atomic E-state index is 0.0473. The standard InChI is InChI=1S/C12H24N4O2/c1-9(10(13)17)15-5-7-16(8-6-15)11(18)14-12(2,3)4/h9H,5-8H2,1-4H3,(H2,13,17)(H,14,18). The number of hydrogen-bond acceptors (Lipinski definition) is 3. The minimum Gasteiger partial charge on any atom is -0.368 e. The van der Waals surface area contributed by atoms with Crippen LogP contribution in [0.5, 0.6) is 0 Å². The van der Waals surface area contributed by atoms with Crippen molar-refractivity contribution in [3.8, 4) is 0 Å². The van der Waals surface area contributed by atoms with Crippen LogP contribution in [0.3, 0.4) is 0 Å². The molecule has 1 heterocycles. The number of rotatable bonds is 2.